The van der Waals surface area contributed by atoms with Crippen LogP contribution in [0.15, 0.2) is 0 Å². The molecule has 0 bridgehead atoms. The van der Waals surface area contributed by atoms with Crippen LogP contribution in [0.4, 0.5) is 0 Å². The average molecular weight is 239 g/mol. The number of carboxylic acids is 1. The maximum Gasteiger partial charge on any atom is 0.303 e. The van der Waals surface area contributed by atoms with Crippen molar-refractivity contribution in [1.82, 2.24) is 5.32 Å². The Balaban J connectivity index is 1.87. The van der Waals surface area contributed by atoms with Crippen LogP contribution in [-0.4, -0.2) is 23.0 Å². The Kier molecular flexibility index (Phi) is 3.69. The Bertz CT molecular complexity index is 304. The number of aliphatic carboxylic acids is 1. The molecule has 2 rings (SSSR count). The summed E-state index contributed by atoms with van der Waals surface area (Å²) < 4.78 is 0. The van der Waals surface area contributed by atoms with E-state index >= 15 is 0 Å². The highest BCUT2D eigenvalue weighted by molar-refractivity contribution is 5.78. The summed E-state index contributed by atoms with van der Waals surface area (Å²) in [7, 11) is 0. The topological polar surface area (TPSA) is 66.4 Å². The van der Waals surface area contributed by atoms with Gasteiger partial charge in [0.2, 0.25) is 5.91 Å². The largest absolute Gasteiger partial charge is 0.481 e. The average Bonchev–Trinajstić information content (AvgIpc) is 2.59. The Labute approximate surface area is 102 Å². The second-order valence-corrected chi connectivity index (χ2v) is 5.65. The normalized spacial score (nSPS) is 23.1. The molecule has 2 aliphatic rings. The minimum absolute atomic E-state index is 0.0536. The van der Waals surface area contributed by atoms with Gasteiger partial charge in [-0.15, -0.1) is 0 Å². The second kappa shape index (κ2) is 5.07. The molecule has 2 N–H and O–H groups in total. The van der Waals surface area contributed by atoms with Crippen LogP contribution >= 0.6 is 0 Å². The van der Waals surface area contributed by atoms with E-state index in [2.05, 4.69) is 5.32 Å². The first-order valence-electron chi connectivity index (χ1n) is 6.61. The molecule has 2 aliphatic carbocycles. The third-order valence-corrected chi connectivity index (χ3v) is 4.20. The summed E-state index contributed by atoms with van der Waals surface area (Å²) in [5.74, 6) is -0.721. The molecule has 1 amide bonds. The van der Waals surface area contributed by atoms with Gasteiger partial charge in [0.25, 0.3) is 0 Å². The molecule has 0 aliphatic heterocycles. The highest BCUT2D eigenvalue weighted by Gasteiger charge is 2.38. The summed E-state index contributed by atoms with van der Waals surface area (Å²) in [5, 5.41) is 12.0. The van der Waals surface area contributed by atoms with Gasteiger partial charge in [-0.25, -0.2) is 0 Å². The lowest BCUT2D eigenvalue weighted by molar-refractivity contribution is -0.140. The number of amides is 1. The maximum atomic E-state index is 11.9. The molecule has 17 heavy (non-hydrogen) atoms. The van der Waals surface area contributed by atoms with Crippen LogP contribution in [0, 0.1) is 5.41 Å². The third-order valence-electron chi connectivity index (χ3n) is 4.20. The van der Waals surface area contributed by atoms with E-state index in [-0.39, 0.29) is 17.7 Å². The van der Waals surface area contributed by atoms with Crippen molar-refractivity contribution < 1.29 is 14.7 Å². The Hall–Kier alpha value is -1.06. The Morgan fingerprint density at radius 1 is 1.12 bits per heavy atom. The molecule has 0 heterocycles. The summed E-state index contributed by atoms with van der Waals surface area (Å²) in [6, 6.07) is 0.353. The lowest BCUT2D eigenvalue weighted by Crippen LogP contribution is -2.41. The van der Waals surface area contributed by atoms with E-state index in [9.17, 15) is 9.59 Å². The Morgan fingerprint density at radius 3 is 2.24 bits per heavy atom. The van der Waals surface area contributed by atoms with Crippen LogP contribution in [0.3, 0.4) is 0 Å². The van der Waals surface area contributed by atoms with Gasteiger partial charge in [-0.1, -0.05) is 12.8 Å². The number of rotatable bonds is 5. The van der Waals surface area contributed by atoms with E-state index in [0.717, 1.165) is 38.5 Å². The molecule has 0 unspecified atom stereocenters. The smallest absolute Gasteiger partial charge is 0.303 e. The number of carbonyl (C=O) groups excluding carboxylic acids is 1. The van der Waals surface area contributed by atoms with Gasteiger partial charge in [0, 0.05) is 12.5 Å². The fourth-order valence-corrected chi connectivity index (χ4v) is 3.03. The van der Waals surface area contributed by atoms with Crippen LogP contribution in [0.5, 0.6) is 0 Å². The predicted octanol–water partition coefficient (Wildman–Crippen LogP) is 2.08. The zero-order valence-corrected chi connectivity index (χ0v) is 10.2. The molecule has 0 aromatic heterocycles. The SMILES string of the molecule is O=C(O)CC1(CC(=O)NC2CCC2)CCCC1. The zero-order chi connectivity index (χ0) is 12.3. The fourth-order valence-electron chi connectivity index (χ4n) is 3.03. The van der Waals surface area contributed by atoms with Gasteiger partial charge in [-0.05, 0) is 37.5 Å². The molecule has 0 saturated heterocycles. The van der Waals surface area contributed by atoms with Gasteiger partial charge >= 0.3 is 5.97 Å². The van der Waals surface area contributed by atoms with E-state index in [1.54, 1.807) is 0 Å². The summed E-state index contributed by atoms with van der Waals surface area (Å²) in [6.45, 7) is 0. The van der Waals surface area contributed by atoms with Crippen molar-refractivity contribution in [3.8, 4) is 0 Å². The maximum absolute atomic E-state index is 11.9. The van der Waals surface area contributed by atoms with Gasteiger partial charge in [-0.3, -0.25) is 9.59 Å². The summed E-state index contributed by atoms with van der Waals surface area (Å²) in [6.07, 6.45) is 7.80. The highest BCUT2D eigenvalue weighted by atomic mass is 16.4. The molecular formula is C13H21NO3. The molecule has 0 aromatic rings. The Morgan fingerprint density at radius 2 is 1.76 bits per heavy atom. The first-order chi connectivity index (χ1) is 8.10. The quantitative estimate of drug-likeness (QED) is 0.772. The number of carboxylic acid groups (broad SMARTS) is 1. The van der Waals surface area contributed by atoms with E-state index in [4.69, 9.17) is 5.11 Å². The van der Waals surface area contributed by atoms with E-state index in [1.165, 1.54) is 6.42 Å². The summed E-state index contributed by atoms with van der Waals surface area (Å²) in [5.41, 5.74) is -0.264. The molecule has 4 nitrogen and oxygen atoms in total. The van der Waals surface area contributed by atoms with Crippen molar-refractivity contribution in [2.24, 2.45) is 5.41 Å². The predicted molar refractivity (Wildman–Crippen MR) is 63.6 cm³/mol. The first-order valence-corrected chi connectivity index (χ1v) is 6.61. The van der Waals surface area contributed by atoms with Crippen LogP contribution in [-0.2, 0) is 9.59 Å². The molecule has 0 radical (unpaired) electrons. The molecule has 4 heteroatoms. The van der Waals surface area contributed by atoms with Crippen molar-refractivity contribution in [2.45, 2.75) is 63.8 Å². The fraction of sp³-hybridized carbons (Fsp3) is 0.846. The monoisotopic (exact) mass is 239 g/mol. The number of nitrogens with one attached hydrogen (secondary N) is 1. The molecule has 2 saturated carbocycles. The van der Waals surface area contributed by atoms with Crippen molar-refractivity contribution in [3.05, 3.63) is 0 Å². The first kappa shape index (κ1) is 12.4. The van der Waals surface area contributed by atoms with Crippen molar-refractivity contribution in [1.29, 1.82) is 0 Å². The van der Waals surface area contributed by atoms with Gasteiger partial charge in [0.1, 0.15) is 0 Å². The molecular weight excluding hydrogens is 218 g/mol. The molecule has 96 valence electrons. The van der Waals surface area contributed by atoms with Crippen molar-refractivity contribution in [3.63, 3.8) is 0 Å². The van der Waals surface area contributed by atoms with E-state index in [0.29, 0.717) is 12.5 Å². The lowest BCUT2D eigenvalue weighted by Gasteiger charge is -2.30. The molecule has 0 spiro atoms. The zero-order valence-electron chi connectivity index (χ0n) is 10.2. The highest BCUT2D eigenvalue weighted by Crippen LogP contribution is 2.44. The minimum atomic E-state index is -0.775. The second-order valence-electron chi connectivity index (χ2n) is 5.65. The van der Waals surface area contributed by atoms with Crippen LogP contribution < -0.4 is 5.32 Å². The van der Waals surface area contributed by atoms with Crippen LogP contribution in [0.1, 0.15) is 57.8 Å². The van der Waals surface area contributed by atoms with E-state index in [1.807, 2.05) is 0 Å². The lowest BCUT2D eigenvalue weighted by atomic mass is 9.79. The van der Waals surface area contributed by atoms with E-state index < -0.39 is 5.97 Å². The van der Waals surface area contributed by atoms with Crippen LogP contribution in [0.25, 0.3) is 0 Å². The summed E-state index contributed by atoms with van der Waals surface area (Å²) >= 11 is 0. The minimum Gasteiger partial charge on any atom is -0.481 e. The summed E-state index contributed by atoms with van der Waals surface area (Å²) in [4.78, 5) is 22.8. The molecule has 0 atom stereocenters. The molecule has 2 fully saturated rings. The van der Waals surface area contributed by atoms with Gasteiger partial charge in [0.05, 0.1) is 6.42 Å². The van der Waals surface area contributed by atoms with Crippen molar-refractivity contribution in [2.75, 3.05) is 0 Å². The van der Waals surface area contributed by atoms with Gasteiger partial charge in [-0.2, -0.15) is 0 Å². The number of hydrogen-bond acceptors (Lipinski definition) is 2. The van der Waals surface area contributed by atoms with Gasteiger partial charge < -0.3 is 10.4 Å². The van der Waals surface area contributed by atoms with Crippen LogP contribution in [0.2, 0.25) is 0 Å². The third kappa shape index (κ3) is 3.20. The number of carbonyl (C=O) groups is 2. The standard InChI is InChI=1S/C13H21NO3/c15-11(14-10-4-3-5-10)8-13(9-12(16)17)6-1-2-7-13/h10H,1-9H2,(H,14,15)(H,16,17). The number of hydrogen-bond donors (Lipinski definition) is 2. The molecule has 0 aromatic carbocycles. The van der Waals surface area contributed by atoms with Gasteiger partial charge in [0.15, 0.2) is 0 Å². The van der Waals surface area contributed by atoms with Crippen molar-refractivity contribution >= 4 is 11.9 Å².